The molecule has 2 heteroatoms. The van der Waals surface area contributed by atoms with Gasteiger partial charge in [-0.1, -0.05) is 12.5 Å². The van der Waals surface area contributed by atoms with E-state index in [9.17, 15) is 0 Å². The summed E-state index contributed by atoms with van der Waals surface area (Å²) in [7, 11) is 0. The molecule has 1 fully saturated rings. The molecule has 2 nitrogen and oxygen atoms in total. The zero-order valence-electron chi connectivity index (χ0n) is 6.66. The molecule has 1 aliphatic rings. The average Bonchev–Trinajstić information content (AvgIpc) is 2.01. The molecule has 1 aliphatic carbocycles. The zero-order valence-corrected chi connectivity index (χ0v) is 6.66. The number of nitrogens with two attached hydrogens (primary N) is 1. The molecule has 0 bridgehead atoms. The smallest absolute Gasteiger partial charge is 0.0908 e. The molecule has 0 aliphatic heterocycles. The van der Waals surface area contributed by atoms with E-state index in [-0.39, 0.29) is 0 Å². The lowest BCUT2D eigenvalue weighted by atomic mass is 9.86. The van der Waals surface area contributed by atoms with E-state index < -0.39 is 0 Å². The Kier molecular flexibility index (Phi) is 3.13. The van der Waals surface area contributed by atoms with Gasteiger partial charge in [-0.15, -0.1) is 0 Å². The Labute approximate surface area is 67.7 Å². The number of nitriles is 1. The average molecular weight is 150 g/mol. The van der Waals surface area contributed by atoms with E-state index in [1.807, 2.05) is 12.1 Å². The highest BCUT2D eigenvalue weighted by molar-refractivity contribution is 5.04. The molecule has 2 atom stereocenters. The van der Waals surface area contributed by atoms with Crippen LogP contribution in [-0.2, 0) is 0 Å². The second-order valence-corrected chi connectivity index (χ2v) is 3.17. The zero-order chi connectivity index (χ0) is 8.10. The van der Waals surface area contributed by atoms with Crippen molar-refractivity contribution in [2.45, 2.75) is 31.7 Å². The molecule has 2 unspecified atom stereocenters. The van der Waals surface area contributed by atoms with Crippen LogP contribution in [0.2, 0.25) is 0 Å². The highest BCUT2D eigenvalue weighted by Crippen LogP contribution is 2.23. The van der Waals surface area contributed by atoms with Crippen molar-refractivity contribution in [2.24, 2.45) is 11.7 Å². The summed E-state index contributed by atoms with van der Waals surface area (Å²) < 4.78 is 0. The van der Waals surface area contributed by atoms with Gasteiger partial charge in [0.15, 0.2) is 0 Å². The van der Waals surface area contributed by atoms with E-state index in [2.05, 4.69) is 0 Å². The Bertz CT molecular complexity index is 178. The lowest BCUT2D eigenvalue weighted by molar-refractivity contribution is 0.372. The van der Waals surface area contributed by atoms with Crippen molar-refractivity contribution in [3.05, 3.63) is 12.2 Å². The third-order valence-corrected chi connectivity index (χ3v) is 2.20. The van der Waals surface area contributed by atoms with Crippen molar-refractivity contribution in [1.82, 2.24) is 0 Å². The van der Waals surface area contributed by atoms with Gasteiger partial charge in [0.25, 0.3) is 0 Å². The summed E-state index contributed by atoms with van der Waals surface area (Å²) in [6.07, 6.45) is 8.17. The minimum atomic E-state index is 0.358. The van der Waals surface area contributed by atoms with E-state index in [0.29, 0.717) is 12.0 Å². The van der Waals surface area contributed by atoms with Crippen LogP contribution in [0.1, 0.15) is 25.7 Å². The maximum atomic E-state index is 8.29. The summed E-state index contributed by atoms with van der Waals surface area (Å²) in [5.74, 6) is 0.554. The molecule has 60 valence electrons. The minimum Gasteiger partial charge on any atom is -0.328 e. The molecule has 0 amide bonds. The second-order valence-electron chi connectivity index (χ2n) is 3.17. The van der Waals surface area contributed by atoms with Gasteiger partial charge in [0.1, 0.15) is 0 Å². The van der Waals surface area contributed by atoms with Gasteiger partial charge in [-0.3, -0.25) is 0 Å². The van der Waals surface area contributed by atoms with Gasteiger partial charge < -0.3 is 5.73 Å². The first kappa shape index (κ1) is 8.29. The Morgan fingerprint density at radius 2 is 2.27 bits per heavy atom. The van der Waals surface area contributed by atoms with Crippen LogP contribution in [0.5, 0.6) is 0 Å². The summed E-state index contributed by atoms with van der Waals surface area (Å²) in [5, 5.41) is 8.29. The summed E-state index contributed by atoms with van der Waals surface area (Å²) in [5.41, 5.74) is 5.78. The second kappa shape index (κ2) is 4.15. The molecule has 11 heavy (non-hydrogen) atoms. The summed E-state index contributed by atoms with van der Waals surface area (Å²) >= 11 is 0. The molecule has 1 saturated carbocycles. The quantitative estimate of drug-likeness (QED) is 0.577. The monoisotopic (exact) mass is 150 g/mol. The van der Waals surface area contributed by atoms with Crippen LogP contribution in [0, 0.1) is 17.2 Å². The molecule has 0 aromatic rings. The number of hydrogen-bond donors (Lipinski definition) is 1. The maximum absolute atomic E-state index is 8.29. The fourth-order valence-electron chi connectivity index (χ4n) is 1.62. The van der Waals surface area contributed by atoms with Crippen LogP contribution >= 0.6 is 0 Å². The van der Waals surface area contributed by atoms with Crippen molar-refractivity contribution in [1.29, 1.82) is 5.26 Å². The van der Waals surface area contributed by atoms with E-state index in [1.54, 1.807) is 6.08 Å². The molecule has 0 spiro atoms. The summed E-state index contributed by atoms with van der Waals surface area (Å²) in [6, 6.07) is 2.37. The van der Waals surface area contributed by atoms with Crippen LogP contribution in [0.3, 0.4) is 0 Å². The van der Waals surface area contributed by atoms with E-state index in [4.69, 9.17) is 11.0 Å². The molecule has 0 radical (unpaired) electrons. The normalized spacial score (nSPS) is 32.0. The standard InChI is InChI=1S/C9H14N2/c10-6-2-4-8-3-1-5-9(11)7-8/h2,4,8-9H,1,3,5,7,11H2. The summed E-state index contributed by atoms with van der Waals surface area (Å²) in [6.45, 7) is 0. The summed E-state index contributed by atoms with van der Waals surface area (Å²) in [4.78, 5) is 0. The van der Waals surface area contributed by atoms with Crippen LogP contribution in [0.25, 0.3) is 0 Å². The van der Waals surface area contributed by atoms with Gasteiger partial charge in [0.05, 0.1) is 6.07 Å². The predicted molar refractivity (Wildman–Crippen MR) is 44.7 cm³/mol. The lowest BCUT2D eigenvalue weighted by Crippen LogP contribution is -2.26. The van der Waals surface area contributed by atoms with Gasteiger partial charge in [-0.2, -0.15) is 5.26 Å². The first-order valence-corrected chi connectivity index (χ1v) is 4.15. The third-order valence-electron chi connectivity index (χ3n) is 2.20. The Hall–Kier alpha value is -0.810. The largest absolute Gasteiger partial charge is 0.328 e. The maximum Gasteiger partial charge on any atom is 0.0908 e. The van der Waals surface area contributed by atoms with E-state index in [0.717, 1.165) is 12.8 Å². The first-order valence-electron chi connectivity index (χ1n) is 4.15. The van der Waals surface area contributed by atoms with Gasteiger partial charge >= 0.3 is 0 Å². The minimum absolute atomic E-state index is 0.358. The van der Waals surface area contributed by atoms with Crippen molar-refractivity contribution in [3.63, 3.8) is 0 Å². The van der Waals surface area contributed by atoms with Gasteiger partial charge in [0, 0.05) is 12.1 Å². The van der Waals surface area contributed by atoms with Crippen LogP contribution in [-0.4, -0.2) is 6.04 Å². The fourth-order valence-corrected chi connectivity index (χ4v) is 1.62. The molecular formula is C9H14N2. The van der Waals surface area contributed by atoms with Gasteiger partial charge in [-0.05, 0) is 25.2 Å². The SMILES string of the molecule is N#CC=CC1CCCC(N)C1. The third kappa shape index (κ3) is 2.73. The van der Waals surface area contributed by atoms with Crippen molar-refractivity contribution < 1.29 is 0 Å². The van der Waals surface area contributed by atoms with E-state index in [1.165, 1.54) is 12.8 Å². The lowest BCUT2D eigenvalue weighted by Gasteiger charge is -2.23. The highest BCUT2D eigenvalue weighted by Gasteiger charge is 2.16. The number of allylic oxidation sites excluding steroid dienone is 2. The molecule has 0 saturated heterocycles. The molecule has 0 aromatic heterocycles. The van der Waals surface area contributed by atoms with Crippen molar-refractivity contribution >= 4 is 0 Å². The topological polar surface area (TPSA) is 49.8 Å². The number of nitrogens with zero attached hydrogens (tertiary/aromatic N) is 1. The molecular weight excluding hydrogens is 136 g/mol. The molecule has 2 N–H and O–H groups in total. The molecule has 1 rings (SSSR count). The predicted octanol–water partition coefficient (Wildman–Crippen LogP) is 1.58. The molecule has 0 heterocycles. The number of rotatable bonds is 1. The fraction of sp³-hybridized carbons (Fsp3) is 0.667. The Balaban J connectivity index is 2.35. The van der Waals surface area contributed by atoms with Crippen molar-refractivity contribution in [3.8, 4) is 6.07 Å². The van der Waals surface area contributed by atoms with Crippen LogP contribution < -0.4 is 5.73 Å². The van der Waals surface area contributed by atoms with E-state index >= 15 is 0 Å². The van der Waals surface area contributed by atoms with Crippen molar-refractivity contribution in [2.75, 3.05) is 0 Å². The molecule has 0 aromatic carbocycles. The Morgan fingerprint density at radius 1 is 1.45 bits per heavy atom. The van der Waals surface area contributed by atoms with Gasteiger partial charge in [0.2, 0.25) is 0 Å². The first-order chi connectivity index (χ1) is 5.33. The highest BCUT2D eigenvalue weighted by atomic mass is 14.6. The van der Waals surface area contributed by atoms with Crippen LogP contribution in [0.15, 0.2) is 12.2 Å². The van der Waals surface area contributed by atoms with Gasteiger partial charge in [-0.25, -0.2) is 0 Å². The Morgan fingerprint density at radius 3 is 2.91 bits per heavy atom. The number of hydrogen-bond acceptors (Lipinski definition) is 2. The van der Waals surface area contributed by atoms with Crippen LogP contribution in [0.4, 0.5) is 0 Å².